The molecule has 20 heavy (non-hydrogen) atoms. The highest BCUT2D eigenvalue weighted by Crippen LogP contribution is 2.45. The summed E-state index contributed by atoms with van der Waals surface area (Å²) in [4.78, 5) is 31.3. The maximum absolute atomic E-state index is 12.1. The Labute approximate surface area is 121 Å². The van der Waals surface area contributed by atoms with Gasteiger partial charge in [0.1, 0.15) is 11.5 Å². The van der Waals surface area contributed by atoms with Gasteiger partial charge in [0.15, 0.2) is 0 Å². The van der Waals surface area contributed by atoms with E-state index >= 15 is 0 Å². The van der Waals surface area contributed by atoms with Gasteiger partial charge in [-0.25, -0.2) is 9.97 Å². The molecule has 0 saturated heterocycles. The Morgan fingerprint density at radius 3 is 2.65 bits per heavy atom. The zero-order valence-corrected chi connectivity index (χ0v) is 12.1. The van der Waals surface area contributed by atoms with Gasteiger partial charge in [-0.3, -0.25) is 9.59 Å². The van der Waals surface area contributed by atoms with Gasteiger partial charge in [-0.2, -0.15) is 0 Å². The first-order valence-electron chi connectivity index (χ1n) is 6.40. The summed E-state index contributed by atoms with van der Waals surface area (Å²) < 4.78 is 0. The zero-order chi connectivity index (χ0) is 14.9. The fourth-order valence-corrected chi connectivity index (χ4v) is 1.95. The number of amides is 1. The van der Waals surface area contributed by atoms with Gasteiger partial charge in [-0.15, -0.1) is 0 Å². The number of carboxylic acids is 1. The van der Waals surface area contributed by atoms with E-state index in [1.54, 1.807) is 0 Å². The number of carbonyl (C=O) groups excluding carboxylic acids is 1. The minimum atomic E-state index is -0.880. The van der Waals surface area contributed by atoms with Crippen LogP contribution in [0.1, 0.15) is 48.9 Å². The zero-order valence-electron chi connectivity index (χ0n) is 11.3. The van der Waals surface area contributed by atoms with Gasteiger partial charge < -0.3 is 10.4 Å². The molecule has 1 fully saturated rings. The van der Waals surface area contributed by atoms with Crippen molar-refractivity contribution in [1.82, 2.24) is 15.3 Å². The van der Waals surface area contributed by atoms with Crippen molar-refractivity contribution in [2.75, 3.05) is 6.54 Å². The van der Waals surface area contributed by atoms with E-state index in [9.17, 15) is 9.59 Å². The Hall–Kier alpha value is -1.69. The number of aromatic nitrogens is 2. The molecule has 1 aliphatic rings. The fourth-order valence-electron chi connectivity index (χ4n) is 1.77. The van der Waals surface area contributed by atoms with E-state index in [1.165, 1.54) is 6.20 Å². The summed E-state index contributed by atoms with van der Waals surface area (Å²) in [5.74, 6) is -0.743. The Kier molecular flexibility index (Phi) is 3.94. The highest BCUT2D eigenvalue weighted by Gasteiger charge is 2.50. The molecule has 0 aromatic carbocycles. The molecule has 0 atom stereocenters. The molecule has 108 valence electrons. The highest BCUT2D eigenvalue weighted by atomic mass is 35.5. The van der Waals surface area contributed by atoms with Gasteiger partial charge in [-0.1, -0.05) is 25.4 Å². The van der Waals surface area contributed by atoms with E-state index in [4.69, 9.17) is 16.7 Å². The van der Waals surface area contributed by atoms with E-state index in [2.05, 4.69) is 15.3 Å². The molecule has 0 aliphatic heterocycles. The van der Waals surface area contributed by atoms with E-state index in [1.807, 2.05) is 13.8 Å². The summed E-state index contributed by atoms with van der Waals surface area (Å²) >= 11 is 5.92. The number of aliphatic carboxylic acids is 1. The third-order valence-corrected chi connectivity index (χ3v) is 3.67. The average Bonchev–Trinajstić information content (AvgIpc) is 3.17. The molecule has 2 N–H and O–H groups in total. The summed E-state index contributed by atoms with van der Waals surface area (Å²) in [5.41, 5.74) is -0.720. The third-order valence-electron chi connectivity index (χ3n) is 3.39. The maximum atomic E-state index is 12.1. The lowest BCUT2D eigenvalue weighted by molar-refractivity contribution is -0.143. The number of hydrogen-bond acceptors (Lipinski definition) is 4. The summed E-state index contributed by atoms with van der Waals surface area (Å²) in [6.07, 6.45) is 2.55. The predicted octanol–water partition coefficient (Wildman–Crippen LogP) is 1.85. The molecule has 1 amide bonds. The molecular formula is C13H16ClN3O3. The van der Waals surface area contributed by atoms with Gasteiger partial charge >= 0.3 is 5.97 Å². The number of halogens is 1. The summed E-state index contributed by atoms with van der Waals surface area (Å²) in [7, 11) is 0. The van der Waals surface area contributed by atoms with Crippen molar-refractivity contribution < 1.29 is 14.7 Å². The number of hydrogen-bond donors (Lipinski definition) is 2. The molecule has 7 heteroatoms. The lowest BCUT2D eigenvalue weighted by Crippen LogP contribution is -2.35. The number of rotatable bonds is 5. The van der Waals surface area contributed by atoms with Crippen molar-refractivity contribution in [1.29, 1.82) is 0 Å². The van der Waals surface area contributed by atoms with Gasteiger partial charge in [0.2, 0.25) is 0 Å². The molecule has 1 heterocycles. The van der Waals surface area contributed by atoms with Crippen molar-refractivity contribution in [2.45, 2.75) is 32.6 Å². The van der Waals surface area contributed by atoms with E-state index in [-0.39, 0.29) is 23.2 Å². The van der Waals surface area contributed by atoms with Crippen LogP contribution in [-0.4, -0.2) is 33.5 Å². The first kappa shape index (κ1) is 14.7. The fraction of sp³-hybridized carbons (Fsp3) is 0.538. The second kappa shape index (κ2) is 5.36. The standard InChI is InChI=1S/C13H16ClN3O3/c1-7(2)10-15-5-8(14)9(17-10)11(18)16-6-13(3-4-13)12(19)20/h5,7H,3-4,6H2,1-2H3,(H,16,18)(H,19,20). The summed E-state index contributed by atoms with van der Waals surface area (Å²) in [6, 6.07) is 0. The Morgan fingerprint density at radius 2 is 2.15 bits per heavy atom. The molecule has 0 bridgehead atoms. The normalized spacial score (nSPS) is 16.0. The van der Waals surface area contributed by atoms with Crippen molar-refractivity contribution in [3.8, 4) is 0 Å². The topological polar surface area (TPSA) is 92.2 Å². The highest BCUT2D eigenvalue weighted by molar-refractivity contribution is 6.33. The van der Waals surface area contributed by atoms with Crippen LogP contribution in [0, 0.1) is 5.41 Å². The van der Waals surface area contributed by atoms with Crippen molar-refractivity contribution in [3.05, 3.63) is 22.7 Å². The van der Waals surface area contributed by atoms with Crippen LogP contribution >= 0.6 is 11.6 Å². The molecular weight excluding hydrogens is 282 g/mol. The second-order valence-electron chi connectivity index (χ2n) is 5.35. The summed E-state index contributed by atoms with van der Waals surface area (Å²) in [6.45, 7) is 3.92. The minimum Gasteiger partial charge on any atom is -0.481 e. The average molecular weight is 298 g/mol. The van der Waals surface area contributed by atoms with Crippen molar-refractivity contribution in [2.24, 2.45) is 5.41 Å². The third kappa shape index (κ3) is 2.90. The van der Waals surface area contributed by atoms with Crippen LogP contribution < -0.4 is 5.32 Å². The number of nitrogens with one attached hydrogen (secondary N) is 1. The Balaban J connectivity index is 2.09. The van der Waals surface area contributed by atoms with Gasteiger partial charge in [-0.05, 0) is 12.8 Å². The quantitative estimate of drug-likeness (QED) is 0.865. The van der Waals surface area contributed by atoms with Gasteiger partial charge in [0.25, 0.3) is 5.91 Å². The number of carboxylic acid groups (broad SMARTS) is 1. The lowest BCUT2D eigenvalue weighted by atomic mass is 10.1. The number of carbonyl (C=O) groups is 2. The SMILES string of the molecule is CC(C)c1ncc(Cl)c(C(=O)NCC2(C(=O)O)CC2)n1. The molecule has 1 saturated carbocycles. The molecule has 1 aromatic rings. The Morgan fingerprint density at radius 1 is 1.50 bits per heavy atom. The lowest BCUT2D eigenvalue weighted by Gasteiger charge is -2.12. The van der Waals surface area contributed by atoms with E-state index in [0.717, 1.165) is 0 Å². The molecule has 1 aliphatic carbocycles. The van der Waals surface area contributed by atoms with Crippen LogP contribution in [0.3, 0.4) is 0 Å². The van der Waals surface area contributed by atoms with Gasteiger partial charge in [0, 0.05) is 12.5 Å². The van der Waals surface area contributed by atoms with Crippen LogP contribution in [0.5, 0.6) is 0 Å². The van der Waals surface area contributed by atoms with Crippen LogP contribution in [0.15, 0.2) is 6.20 Å². The number of nitrogens with zero attached hydrogens (tertiary/aromatic N) is 2. The van der Waals surface area contributed by atoms with E-state index in [0.29, 0.717) is 18.7 Å². The van der Waals surface area contributed by atoms with Crippen LogP contribution in [0.25, 0.3) is 0 Å². The van der Waals surface area contributed by atoms with Crippen LogP contribution in [-0.2, 0) is 4.79 Å². The minimum absolute atomic E-state index is 0.0765. The van der Waals surface area contributed by atoms with Crippen LogP contribution in [0.2, 0.25) is 5.02 Å². The monoisotopic (exact) mass is 297 g/mol. The first-order valence-corrected chi connectivity index (χ1v) is 6.77. The first-order chi connectivity index (χ1) is 9.35. The van der Waals surface area contributed by atoms with Crippen molar-refractivity contribution in [3.63, 3.8) is 0 Å². The van der Waals surface area contributed by atoms with Crippen molar-refractivity contribution >= 4 is 23.5 Å². The molecule has 0 radical (unpaired) electrons. The molecule has 0 spiro atoms. The Bertz CT molecular complexity index is 556. The van der Waals surface area contributed by atoms with Crippen LogP contribution in [0.4, 0.5) is 0 Å². The summed E-state index contributed by atoms with van der Waals surface area (Å²) in [5, 5.41) is 11.8. The molecule has 2 rings (SSSR count). The second-order valence-corrected chi connectivity index (χ2v) is 5.75. The largest absolute Gasteiger partial charge is 0.481 e. The molecule has 1 aromatic heterocycles. The predicted molar refractivity (Wildman–Crippen MR) is 72.8 cm³/mol. The van der Waals surface area contributed by atoms with Gasteiger partial charge in [0.05, 0.1) is 16.6 Å². The smallest absolute Gasteiger partial charge is 0.311 e. The molecule has 0 unspecified atom stereocenters. The molecule has 6 nitrogen and oxygen atoms in total. The maximum Gasteiger partial charge on any atom is 0.311 e. The van der Waals surface area contributed by atoms with E-state index < -0.39 is 17.3 Å².